The van der Waals surface area contributed by atoms with Crippen LogP contribution in [0.15, 0.2) is 31.0 Å². The summed E-state index contributed by atoms with van der Waals surface area (Å²) in [5.74, 6) is 0. The molecule has 0 aliphatic heterocycles. The molecule has 0 radical (unpaired) electrons. The molecule has 0 bridgehead atoms. The van der Waals surface area contributed by atoms with Crippen LogP contribution in [0, 0.1) is 0 Å². The molecule has 0 unspecified atom stereocenters. The van der Waals surface area contributed by atoms with Gasteiger partial charge in [0.2, 0.25) is 0 Å². The van der Waals surface area contributed by atoms with Crippen LogP contribution in [0.5, 0.6) is 0 Å². The summed E-state index contributed by atoms with van der Waals surface area (Å²) in [6, 6.07) is 0. The van der Waals surface area contributed by atoms with Gasteiger partial charge in [0.05, 0.1) is 30.0 Å². The van der Waals surface area contributed by atoms with Crippen LogP contribution in [0.25, 0.3) is 17.0 Å². The molecule has 6 nitrogen and oxygen atoms in total. The molecule has 74 valence electrons. The van der Waals surface area contributed by atoms with Crippen LogP contribution in [0.2, 0.25) is 0 Å². The summed E-state index contributed by atoms with van der Waals surface area (Å²) < 4.78 is 1.90. The molecule has 0 fully saturated rings. The third-order valence-electron chi connectivity index (χ3n) is 2.24. The lowest BCUT2D eigenvalue weighted by atomic mass is 10.3. The Hall–Kier alpha value is -2.37. The number of fused-ring (bicyclic) bond motifs is 1. The van der Waals surface area contributed by atoms with E-state index in [2.05, 4.69) is 20.2 Å². The monoisotopic (exact) mass is 200 g/mol. The first-order valence-electron chi connectivity index (χ1n) is 4.42. The number of imidazole rings is 1. The Morgan fingerprint density at radius 3 is 3.00 bits per heavy atom. The number of anilines is 1. The van der Waals surface area contributed by atoms with Crippen molar-refractivity contribution in [2.45, 2.75) is 0 Å². The van der Waals surface area contributed by atoms with Crippen molar-refractivity contribution >= 4 is 11.3 Å². The third-order valence-corrected chi connectivity index (χ3v) is 2.24. The largest absolute Gasteiger partial charge is 0.396 e. The Labute approximate surface area is 84.8 Å². The molecule has 6 heteroatoms. The molecule has 0 spiro atoms. The number of nitrogen functional groups attached to an aromatic ring is 1. The molecule has 0 aliphatic rings. The highest BCUT2D eigenvalue weighted by molar-refractivity contribution is 5.70. The fourth-order valence-corrected chi connectivity index (χ4v) is 1.53. The Bertz CT molecular complexity index is 608. The maximum atomic E-state index is 5.77. The normalized spacial score (nSPS) is 10.9. The van der Waals surface area contributed by atoms with Crippen LogP contribution in [0.1, 0.15) is 0 Å². The van der Waals surface area contributed by atoms with E-state index in [4.69, 9.17) is 5.73 Å². The van der Waals surface area contributed by atoms with Gasteiger partial charge in [-0.3, -0.25) is 14.5 Å². The molecule has 0 atom stereocenters. The van der Waals surface area contributed by atoms with Crippen LogP contribution in [0.3, 0.4) is 0 Å². The number of nitrogens with one attached hydrogen (secondary N) is 1. The van der Waals surface area contributed by atoms with E-state index in [9.17, 15) is 0 Å². The van der Waals surface area contributed by atoms with Crippen LogP contribution in [0.4, 0.5) is 5.69 Å². The summed E-state index contributed by atoms with van der Waals surface area (Å²) >= 11 is 0. The predicted molar refractivity (Wildman–Crippen MR) is 55.0 cm³/mol. The number of aromatic nitrogens is 5. The summed E-state index contributed by atoms with van der Waals surface area (Å²) in [7, 11) is 0. The summed E-state index contributed by atoms with van der Waals surface area (Å²) in [5.41, 5.74) is 8.81. The fraction of sp³-hybridized carbons (Fsp3) is 0. The Morgan fingerprint density at radius 2 is 2.20 bits per heavy atom. The lowest BCUT2D eigenvalue weighted by molar-refractivity contribution is 1.07. The minimum atomic E-state index is 0.605. The van der Waals surface area contributed by atoms with Crippen molar-refractivity contribution in [1.29, 1.82) is 0 Å². The van der Waals surface area contributed by atoms with E-state index in [0.717, 1.165) is 17.0 Å². The van der Waals surface area contributed by atoms with Gasteiger partial charge in [0.15, 0.2) is 5.65 Å². The van der Waals surface area contributed by atoms with Crippen LogP contribution in [-0.2, 0) is 0 Å². The van der Waals surface area contributed by atoms with Crippen LogP contribution in [-0.4, -0.2) is 24.6 Å². The van der Waals surface area contributed by atoms with Gasteiger partial charge in [-0.15, -0.1) is 0 Å². The zero-order valence-corrected chi connectivity index (χ0v) is 7.75. The molecule has 3 aromatic rings. The standard InChI is InChI=1S/C9H8N6/c10-6-3-13-14-9(6)7-4-12-8-5-11-1-2-15(7)8/h1-5H,10H2,(H,13,14). The number of hydrogen-bond acceptors (Lipinski definition) is 4. The van der Waals surface area contributed by atoms with Gasteiger partial charge in [0, 0.05) is 12.4 Å². The Morgan fingerprint density at radius 1 is 1.27 bits per heavy atom. The number of H-pyrrole nitrogens is 1. The topological polar surface area (TPSA) is 84.9 Å². The van der Waals surface area contributed by atoms with Gasteiger partial charge in [0.1, 0.15) is 5.69 Å². The van der Waals surface area contributed by atoms with E-state index >= 15 is 0 Å². The second kappa shape index (κ2) is 2.81. The van der Waals surface area contributed by atoms with Gasteiger partial charge < -0.3 is 5.73 Å². The van der Waals surface area contributed by atoms with Crippen molar-refractivity contribution in [3.63, 3.8) is 0 Å². The summed E-state index contributed by atoms with van der Waals surface area (Å²) in [4.78, 5) is 8.20. The van der Waals surface area contributed by atoms with Crippen LogP contribution < -0.4 is 5.73 Å². The lowest BCUT2D eigenvalue weighted by Crippen LogP contribution is -1.92. The van der Waals surface area contributed by atoms with Crippen LogP contribution >= 0.6 is 0 Å². The third kappa shape index (κ3) is 1.08. The molecule has 0 saturated heterocycles. The average molecular weight is 200 g/mol. The molecule has 3 heterocycles. The minimum absolute atomic E-state index is 0.605. The van der Waals surface area contributed by atoms with Crippen molar-refractivity contribution in [2.75, 3.05) is 5.73 Å². The van der Waals surface area contributed by atoms with Crippen molar-refractivity contribution in [2.24, 2.45) is 0 Å². The number of rotatable bonds is 1. The minimum Gasteiger partial charge on any atom is -0.396 e. The summed E-state index contributed by atoms with van der Waals surface area (Å²) in [5, 5.41) is 6.72. The van der Waals surface area contributed by atoms with E-state index in [0.29, 0.717) is 5.69 Å². The molecule has 0 saturated carbocycles. The summed E-state index contributed by atoms with van der Waals surface area (Å²) in [6.45, 7) is 0. The molecule has 3 N–H and O–H groups in total. The predicted octanol–water partition coefficient (Wildman–Crippen LogP) is 0.702. The van der Waals surface area contributed by atoms with Crippen molar-refractivity contribution in [1.82, 2.24) is 24.6 Å². The second-order valence-corrected chi connectivity index (χ2v) is 3.15. The average Bonchev–Trinajstić information content (AvgIpc) is 2.83. The molecule has 3 aromatic heterocycles. The van der Waals surface area contributed by atoms with E-state index in [-0.39, 0.29) is 0 Å². The van der Waals surface area contributed by atoms with Crippen molar-refractivity contribution in [3.8, 4) is 11.4 Å². The maximum Gasteiger partial charge on any atom is 0.155 e. The Kier molecular flexibility index (Phi) is 1.49. The molecule has 0 amide bonds. The smallest absolute Gasteiger partial charge is 0.155 e. The molecule has 0 aliphatic carbocycles. The molecule has 0 aromatic carbocycles. The number of aromatic amines is 1. The first kappa shape index (κ1) is 7.98. The molecular formula is C9H8N6. The van der Waals surface area contributed by atoms with Gasteiger partial charge >= 0.3 is 0 Å². The molecule has 3 rings (SSSR count). The number of nitrogens with two attached hydrogens (primary N) is 1. The van der Waals surface area contributed by atoms with Crippen molar-refractivity contribution in [3.05, 3.63) is 31.0 Å². The zero-order valence-electron chi connectivity index (χ0n) is 7.75. The second-order valence-electron chi connectivity index (χ2n) is 3.15. The van der Waals surface area contributed by atoms with Crippen molar-refractivity contribution < 1.29 is 0 Å². The highest BCUT2D eigenvalue weighted by Gasteiger charge is 2.09. The quantitative estimate of drug-likeness (QED) is 0.605. The highest BCUT2D eigenvalue weighted by atomic mass is 15.1. The van der Waals surface area contributed by atoms with Gasteiger partial charge in [0.25, 0.3) is 0 Å². The Balaban J connectivity index is 2.32. The number of hydrogen-bond donors (Lipinski definition) is 2. The van der Waals surface area contributed by atoms with E-state index < -0.39 is 0 Å². The summed E-state index contributed by atoms with van der Waals surface area (Å²) in [6.07, 6.45) is 8.54. The fourth-order valence-electron chi connectivity index (χ4n) is 1.53. The lowest BCUT2D eigenvalue weighted by Gasteiger charge is -1.98. The highest BCUT2D eigenvalue weighted by Crippen LogP contribution is 2.22. The molecule has 15 heavy (non-hydrogen) atoms. The van der Waals surface area contributed by atoms with Gasteiger partial charge in [-0.1, -0.05) is 0 Å². The SMILES string of the molecule is Nc1cn[nH]c1-c1cnc2cnccn12. The van der Waals surface area contributed by atoms with Gasteiger partial charge in [-0.05, 0) is 0 Å². The first-order chi connectivity index (χ1) is 7.36. The molecular weight excluding hydrogens is 192 g/mol. The maximum absolute atomic E-state index is 5.77. The zero-order chi connectivity index (χ0) is 10.3. The van der Waals surface area contributed by atoms with Gasteiger partial charge in [-0.2, -0.15) is 5.10 Å². The van der Waals surface area contributed by atoms with E-state index in [1.807, 2.05) is 10.6 Å². The first-order valence-corrected chi connectivity index (χ1v) is 4.42. The van der Waals surface area contributed by atoms with E-state index in [1.54, 1.807) is 24.8 Å². The van der Waals surface area contributed by atoms with Gasteiger partial charge in [-0.25, -0.2) is 4.98 Å². The van der Waals surface area contributed by atoms with E-state index in [1.165, 1.54) is 0 Å². The number of nitrogens with zero attached hydrogens (tertiary/aromatic N) is 4.